The van der Waals surface area contributed by atoms with Crippen LogP contribution in [0.1, 0.15) is 79.1 Å². The van der Waals surface area contributed by atoms with E-state index in [4.69, 9.17) is 32.1 Å². The number of ether oxygens (including phenoxy) is 3. The molecule has 1 saturated heterocycles. The summed E-state index contributed by atoms with van der Waals surface area (Å²) in [6, 6.07) is 0. The molecule has 0 amide bonds. The fourth-order valence-corrected chi connectivity index (χ4v) is 9.63. The van der Waals surface area contributed by atoms with Gasteiger partial charge in [0, 0.05) is 26.2 Å². The van der Waals surface area contributed by atoms with Gasteiger partial charge in [-0.1, -0.05) is 36.3 Å². The van der Waals surface area contributed by atoms with Crippen molar-refractivity contribution >= 4 is 5.97 Å². The number of aliphatic hydroxyl groups excluding tert-OH is 1. The van der Waals surface area contributed by atoms with Gasteiger partial charge < -0.3 is 19.3 Å². The van der Waals surface area contributed by atoms with E-state index in [0.717, 1.165) is 44.9 Å². The van der Waals surface area contributed by atoms with Crippen LogP contribution < -0.4 is 0 Å². The van der Waals surface area contributed by atoms with Crippen molar-refractivity contribution in [2.24, 2.45) is 34.0 Å². The van der Waals surface area contributed by atoms with E-state index in [1.807, 2.05) is 0 Å². The molecule has 196 valence electrons. The molecule has 0 aromatic carbocycles. The summed E-state index contributed by atoms with van der Waals surface area (Å²) in [7, 11) is 0. The molecule has 6 heteroatoms. The molecule has 0 bridgehead atoms. The average molecular weight is 497 g/mol. The van der Waals surface area contributed by atoms with Crippen molar-refractivity contribution in [3.8, 4) is 18.9 Å². The zero-order valence-electron chi connectivity index (χ0n) is 22.3. The van der Waals surface area contributed by atoms with Gasteiger partial charge in [0.15, 0.2) is 6.29 Å². The molecule has 1 N–H and O–H groups in total. The van der Waals surface area contributed by atoms with Gasteiger partial charge in [0.05, 0.1) is 36.1 Å². The Hall–Kier alpha value is -1.86. The molecule has 9 atom stereocenters. The van der Waals surface area contributed by atoms with Gasteiger partial charge in [-0.3, -0.25) is 4.79 Å². The molecule has 5 rings (SSSR count). The normalized spacial score (nSPS) is 46.9. The zero-order chi connectivity index (χ0) is 25.9. The van der Waals surface area contributed by atoms with Gasteiger partial charge >= 0.3 is 5.97 Å². The second-order valence-electron chi connectivity index (χ2n) is 12.6. The predicted octanol–water partition coefficient (Wildman–Crippen LogP) is 4.96. The summed E-state index contributed by atoms with van der Waals surface area (Å²) in [6.45, 7) is 15.9. The van der Waals surface area contributed by atoms with Crippen molar-refractivity contribution in [1.29, 1.82) is 0 Å². The number of nitrogens with zero attached hydrogens (tertiary/aromatic N) is 1. The number of rotatable bonds is 4. The first-order valence-corrected chi connectivity index (χ1v) is 13.7. The first kappa shape index (κ1) is 25.8. The molecule has 5 aliphatic rings. The van der Waals surface area contributed by atoms with E-state index in [1.165, 1.54) is 12.5 Å². The van der Waals surface area contributed by atoms with E-state index in [0.29, 0.717) is 19.6 Å². The molecular formula is C30H42NO5+. The van der Waals surface area contributed by atoms with E-state index in [2.05, 4.69) is 32.8 Å². The van der Waals surface area contributed by atoms with Gasteiger partial charge in [-0.05, 0) is 56.3 Å². The minimum atomic E-state index is -0.512. The Labute approximate surface area is 216 Å². The van der Waals surface area contributed by atoms with Gasteiger partial charge in [-0.25, -0.2) is 0 Å². The van der Waals surface area contributed by atoms with Crippen LogP contribution in [0, 0.1) is 52.9 Å². The highest BCUT2D eigenvalue weighted by atomic mass is 16.7. The average Bonchev–Trinajstić information content (AvgIpc) is 3.41. The quantitative estimate of drug-likeness (QED) is 0.339. The molecule has 1 heterocycles. The van der Waals surface area contributed by atoms with Crippen LogP contribution in [0.15, 0.2) is 11.6 Å². The van der Waals surface area contributed by atoms with Crippen LogP contribution >= 0.6 is 0 Å². The summed E-state index contributed by atoms with van der Waals surface area (Å²) < 4.78 is 17.1. The lowest BCUT2D eigenvalue weighted by molar-refractivity contribution is -0.149. The summed E-state index contributed by atoms with van der Waals surface area (Å²) in [5.41, 5.74) is -0.205. The van der Waals surface area contributed by atoms with Crippen LogP contribution in [-0.2, 0) is 19.0 Å². The second-order valence-corrected chi connectivity index (χ2v) is 12.6. The number of aliphatic hydroxyl groups is 1. The number of hydrogen-bond acceptors (Lipinski definition) is 5. The fourth-order valence-electron chi connectivity index (χ4n) is 9.63. The van der Waals surface area contributed by atoms with Gasteiger partial charge in [-0.2, -0.15) is 0 Å². The van der Waals surface area contributed by atoms with Crippen molar-refractivity contribution in [1.82, 2.24) is 0 Å². The molecule has 0 radical (unpaired) electrons. The third kappa shape index (κ3) is 3.37. The first-order valence-electron chi connectivity index (χ1n) is 13.7. The highest BCUT2D eigenvalue weighted by Gasteiger charge is 2.78. The molecule has 4 aliphatic carbocycles. The van der Waals surface area contributed by atoms with Crippen molar-refractivity contribution in [3.63, 3.8) is 0 Å². The van der Waals surface area contributed by atoms with E-state index in [9.17, 15) is 9.90 Å². The monoisotopic (exact) mass is 496 g/mol. The molecule has 36 heavy (non-hydrogen) atoms. The summed E-state index contributed by atoms with van der Waals surface area (Å²) in [6.07, 6.45) is 14.2. The number of esters is 1. The maximum absolute atomic E-state index is 11.6. The lowest BCUT2D eigenvalue weighted by atomic mass is 9.39. The second kappa shape index (κ2) is 8.87. The number of carbonyl (C=O) groups is 1. The Balaban J connectivity index is 1.51. The minimum absolute atomic E-state index is 0.0450. The molecule has 6 nitrogen and oxygen atoms in total. The largest absolute Gasteiger partial charge is 0.462 e. The maximum Gasteiger partial charge on any atom is 0.302 e. The summed E-state index contributed by atoms with van der Waals surface area (Å²) in [4.78, 5) is 16.4. The van der Waals surface area contributed by atoms with Crippen molar-refractivity contribution in [2.75, 3.05) is 13.2 Å². The van der Waals surface area contributed by atoms with E-state index in [-0.39, 0.29) is 46.9 Å². The maximum atomic E-state index is 11.6. The Kier molecular flexibility index (Phi) is 6.35. The number of fused-ring (bicyclic) bond motifs is 5. The molecule has 2 unspecified atom stereocenters. The molecule has 0 aromatic heterocycles. The summed E-state index contributed by atoms with van der Waals surface area (Å²) >= 11 is 0. The van der Waals surface area contributed by atoms with Crippen LogP contribution in [0.25, 0.3) is 4.85 Å². The van der Waals surface area contributed by atoms with Gasteiger partial charge in [0.25, 0.3) is 12.1 Å². The molecule has 4 fully saturated rings. The highest BCUT2D eigenvalue weighted by molar-refractivity contribution is 5.66. The summed E-state index contributed by atoms with van der Waals surface area (Å²) in [5.74, 6) is 3.37. The Bertz CT molecular complexity index is 1020. The third-order valence-electron chi connectivity index (χ3n) is 11.3. The van der Waals surface area contributed by atoms with Crippen LogP contribution in [0.4, 0.5) is 0 Å². The molecule has 0 spiro atoms. The van der Waals surface area contributed by atoms with Crippen molar-refractivity contribution < 1.29 is 24.1 Å². The van der Waals surface area contributed by atoms with Crippen LogP contribution in [0.5, 0.6) is 0 Å². The summed E-state index contributed by atoms with van der Waals surface area (Å²) in [5, 5.41) is 11.6. The lowest BCUT2D eigenvalue weighted by Crippen LogP contribution is -2.65. The number of allylic oxidation sites excluding steroid dienone is 1. The van der Waals surface area contributed by atoms with Crippen LogP contribution in [0.3, 0.4) is 0 Å². The number of carbonyl (C=O) groups excluding carboxylic acids is 1. The number of hydrogen-bond donors (Lipinski definition) is 1. The van der Waals surface area contributed by atoms with Gasteiger partial charge in [0.1, 0.15) is 6.10 Å². The number of terminal acetylenes is 1. The predicted molar refractivity (Wildman–Crippen MR) is 137 cm³/mol. The van der Waals surface area contributed by atoms with Gasteiger partial charge in [0.2, 0.25) is 0 Å². The Morgan fingerprint density at radius 3 is 2.67 bits per heavy atom. The fraction of sp³-hybridized carbons (Fsp3) is 0.800. The van der Waals surface area contributed by atoms with E-state index < -0.39 is 17.1 Å². The van der Waals surface area contributed by atoms with Crippen LogP contribution in [0.2, 0.25) is 0 Å². The molecule has 1 aliphatic heterocycles. The third-order valence-corrected chi connectivity index (χ3v) is 11.3. The van der Waals surface area contributed by atoms with Crippen molar-refractivity contribution in [2.45, 2.75) is 103 Å². The minimum Gasteiger partial charge on any atom is -0.462 e. The van der Waals surface area contributed by atoms with E-state index >= 15 is 0 Å². The zero-order valence-corrected chi connectivity index (χ0v) is 22.3. The first-order chi connectivity index (χ1) is 17.1. The smallest absolute Gasteiger partial charge is 0.302 e. The van der Waals surface area contributed by atoms with Crippen molar-refractivity contribution in [3.05, 3.63) is 16.5 Å². The molecule has 0 aromatic rings. The Morgan fingerprint density at radius 2 is 2.03 bits per heavy atom. The molecule has 3 saturated carbocycles. The standard InChI is InChI=1S/C30H42NO5/c1-7-29-18-23(33)26(19(2)16-25-34-14-15-35-25)28(29,5)12-13-30(31-6)24(29)9-8-21-17-22(36-20(3)32)10-11-27(21,30)4/h1,6,8,19,22-26,33H,9-18H2,2-5H3/q+1/t19-,22+,23?,24+,26?,27+,28-,29+,30-/m1/s1. The van der Waals surface area contributed by atoms with Gasteiger partial charge in [-0.15, -0.1) is 6.42 Å². The topological polar surface area (TPSA) is 69.3 Å². The van der Waals surface area contributed by atoms with E-state index in [1.54, 1.807) is 0 Å². The Morgan fingerprint density at radius 1 is 1.31 bits per heavy atom. The SMILES string of the molecule is C#C[C@@]12CC(O)C([C@H](C)CC3OCCO3)[C@@]1(C)CC[C@@]1([N+]#C)[C@H]2CC=C2C[C@@H](OC(C)=O)CC[C@@]21C. The van der Waals surface area contributed by atoms with Crippen LogP contribution in [-0.4, -0.2) is 48.3 Å². The lowest BCUT2D eigenvalue weighted by Gasteiger charge is -2.60. The molecular weight excluding hydrogens is 454 g/mol. The highest BCUT2D eigenvalue weighted by Crippen LogP contribution is 2.74.